The molecule has 0 aliphatic carbocycles. The predicted molar refractivity (Wildman–Crippen MR) is 106 cm³/mol. The molecule has 6 nitrogen and oxygen atoms in total. The van der Waals surface area contributed by atoms with Gasteiger partial charge in [-0.1, -0.05) is 12.1 Å². The first-order valence-corrected chi connectivity index (χ1v) is 8.17. The number of anilines is 1. The van der Waals surface area contributed by atoms with Crippen molar-refractivity contribution < 1.29 is 9.53 Å². The number of methoxy groups -OCH3 is 1. The van der Waals surface area contributed by atoms with Crippen molar-refractivity contribution in [2.24, 2.45) is 12.8 Å². The van der Waals surface area contributed by atoms with Crippen LogP contribution in [0.15, 0.2) is 48.5 Å². The molecule has 0 aliphatic rings. The van der Waals surface area contributed by atoms with Gasteiger partial charge in [0.2, 0.25) is 5.91 Å². The van der Waals surface area contributed by atoms with E-state index < -0.39 is 0 Å². The summed E-state index contributed by atoms with van der Waals surface area (Å²) in [6, 6.07) is 15.7. The lowest BCUT2D eigenvalue weighted by atomic mass is 10.2. The van der Waals surface area contributed by atoms with Gasteiger partial charge in [-0.3, -0.25) is 4.79 Å². The number of rotatable bonds is 6. The summed E-state index contributed by atoms with van der Waals surface area (Å²) in [5, 5.41) is 2.86. The van der Waals surface area contributed by atoms with Crippen LogP contribution >= 0.6 is 12.4 Å². The van der Waals surface area contributed by atoms with Crippen LogP contribution in [-0.4, -0.2) is 35.2 Å². The van der Waals surface area contributed by atoms with Crippen molar-refractivity contribution >= 4 is 35.0 Å². The molecule has 3 aromatic rings. The fourth-order valence-electron chi connectivity index (χ4n) is 2.79. The molecule has 0 aliphatic heterocycles. The van der Waals surface area contributed by atoms with Gasteiger partial charge in [-0.15, -0.1) is 12.4 Å². The number of imidazole rings is 1. The average molecular weight is 375 g/mol. The molecule has 0 radical (unpaired) electrons. The number of para-hydroxylation sites is 2. The van der Waals surface area contributed by atoms with Crippen molar-refractivity contribution in [3.05, 3.63) is 48.5 Å². The van der Waals surface area contributed by atoms with Crippen LogP contribution in [0.5, 0.6) is 0 Å². The number of carbonyl (C=O) groups is 1. The number of halogens is 1. The minimum absolute atomic E-state index is 0. The Kier molecular flexibility index (Phi) is 6.74. The molecule has 26 heavy (non-hydrogen) atoms. The van der Waals surface area contributed by atoms with E-state index in [9.17, 15) is 4.79 Å². The molecule has 3 rings (SSSR count). The maximum Gasteiger partial charge on any atom is 0.227 e. The van der Waals surface area contributed by atoms with E-state index in [0.29, 0.717) is 6.54 Å². The molecule has 7 heteroatoms. The lowest BCUT2D eigenvalue weighted by Gasteiger charge is -2.12. The normalized spacial score (nSPS) is 11.8. The Balaban J connectivity index is 0.00000243. The smallest absolute Gasteiger partial charge is 0.227 e. The summed E-state index contributed by atoms with van der Waals surface area (Å²) in [5.41, 5.74) is 9.32. The largest absolute Gasteiger partial charge is 0.380 e. The molecule has 1 unspecified atom stereocenters. The number of aryl methyl sites for hydroxylation is 1. The number of carbonyl (C=O) groups excluding carboxylic acids is 1. The topological polar surface area (TPSA) is 82.2 Å². The Morgan fingerprint density at radius 2 is 1.92 bits per heavy atom. The summed E-state index contributed by atoms with van der Waals surface area (Å²) >= 11 is 0. The van der Waals surface area contributed by atoms with Crippen LogP contribution in [-0.2, 0) is 16.6 Å². The van der Waals surface area contributed by atoms with Gasteiger partial charge in [-0.25, -0.2) is 4.98 Å². The third-order valence-corrected chi connectivity index (χ3v) is 4.22. The summed E-state index contributed by atoms with van der Waals surface area (Å²) in [5.74, 6) is 0.773. The molecule has 2 aromatic carbocycles. The minimum atomic E-state index is -0.265. The van der Waals surface area contributed by atoms with Gasteiger partial charge in [-0.05, 0) is 36.4 Å². The second-order valence-electron chi connectivity index (χ2n) is 5.91. The molecule has 0 saturated carbocycles. The van der Waals surface area contributed by atoms with Crippen molar-refractivity contribution in [1.82, 2.24) is 9.55 Å². The third kappa shape index (κ3) is 4.22. The van der Waals surface area contributed by atoms with Gasteiger partial charge < -0.3 is 20.4 Å². The third-order valence-electron chi connectivity index (χ3n) is 4.22. The SMILES string of the molecule is COC(CN)CC(=O)Nc1ccc(-c2nc3ccccc3n2C)cc1.Cl. The van der Waals surface area contributed by atoms with Crippen LogP contribution in [0.1, 0.15) is 6.42 Å². The van der Waals surface area contributed by atoms with Crippen molar-refractivity contribution in [2.75, 3.05) is 19.0 Å². The summed E-state index contributed by atoms with van der Waals surface area (Å²) in [6.45, 7) is 0.315. The zero-order valence-corrected chi connectivity index (χ0v) is 15.6. The van der Waals surface area contributed by atoms with Gasteiger partial charge in [0.1, 0.15) is 5.82 Å². The van der Waals surface area contributed by atoms with Crippen LogP contribution in [0, 0.1) is 0 Å². The highest BCUT2D eigenvalue weighted by Crippen LogP contribution is 2.24. The van der Waals surface area contributed by atoms with Gasteiger partial charge in [0.25, 0.3) is 0 Å². The van der Waals surface area contributed by atoms with Crippen molar-refractivity contribution in [3.8, 4) is 11.4 Å². The summed E-state index contributed by atoms with van der Waals surface area (Å²) < 4.78 is 7.19. The standard InChI is InChI=1S/C19H22N4O2.ClH/c1-23-17-6-4-3-5-16(17)22-19(23)13-7-9-14(10-8-13)21-18(24)11-15(12-20)25-2;/h3-10,15H,11-12,20H2,1-2H3,(H,21,24);1H. The first-order chi connectivity index (χ1) is 12.1. The van der Waals surface area contributed by atoms with Crippen LogP contribution in [0.2, 0.25) is 0 Å². The lowest BCUT2D eigenvalue weighted by molar-refractivity contribution is -0.118. The van der Waals surface area contributed by atoms with Crippen LogP contribution < -0.4 is 11.1 Å². The van der Waals surface area contributed by atoms with Crippen LogP contribution in [0.3, 0.4) is 0 Å². The summed E-state index contributed by atoms with van der Waals surface area (Å²) in [6.07, 6.45) is -0.0289. The number of hydrogen-bond acceptors (Lipinski definition) is 4. The first-order valence-electron chi connectivity index (χ1n) is 8.17. The first kappa shape index (κ1) is 19.9. The van der Waals surface area contributed by atoms with Gasteiger partial charge in [0, 0.05) is 32.0 Å². The Morgan fingerprint density at radius 3 is 2.54 bits per heavy atom. The number of ether oxygens (including phenoxy) is 1. The van der Waals surface area contributed by atoms with Gasteiger partial charge in [-0.2, -0.15) is 0 Å². The van der Waals surface area contributed by atoms with Gasteiger partial charge >= 0.3 is 0 Å². The predicted octanol–water partition coefficient (Wildman–Crippen LogP) is 2.96. The number of fused-ring (bicyclic) bond motifs is 1. The molecule has 0 fully saturated rings. The van der Waals surface area contributed by atoms with E-state index in [0.717, 1.165) is 28.1 Å². The monoisotopic (exact) mass is 374 g/mol. The number of benzene rings is 2. The Hall–Kier alpha value is -2.41. The maximum atomic E-state index is 12.0. The molecule has 0 bridgehead atoms. The average Bonchev–Trinajstić information content (AvgIpc) is 2.97. The van der Waals surface area contributed by atoms with E-state index in [1.807, 2.05) is 55.6 Å². The fraction of sp³-hybridized carbons (Fsp3) is 0.263. The number of amides is 1. The highest BCUT2D eigenvalue weighted by molar-refractivity contribution is 5.91. The zero-order valence-electron chi connectivity index (χ0n) is 14.8. The van der Waals surface area contributed by atoms with E-state index in [1.165, 1.54) is 0 Å². The van der Waals surface area contributed by atoms with E-state index in [2.05, 4.69) is 14.9 Å². The molecule has 3 N–H and O–H groups in total. The number of nitrogens with one attached hydrogen (secondary N) is 1. The lowest BCUT2D eigenvalue weighted by Crippen LogP contribution is -2.28. The second kappa shape index (κ2) is 8.80. The van der Waals surface area contributed by atoms with E-state index in [-0.39, 0.29) is 30.8 Å². The molecule has 1 amide bonds. The molecular formula is C19H23ClN4O2. The van der Waals surface area contributed by atoms with Crippen molar-refractivity contribution in [2.45, 2.75) is 12.5 Å². The Bertz CT molecular complexity index is 873. The number of nitrogens with zero attached hydrogens (tertiary/aromatic N) is 2. The molecule has 1 aromatic heterocycles. The van der Waals surface area contributed by atoms with E-state index >= 15 is 0 Å². The highest BCUT2D eigenvalue weighted by Gasteiger charge is 2.12. The fourth-order valence-corrected chi connectivity index (χ4v) is 2.79. The quantitative estimate of drug-likeness (QED) is 0.695. The number of aromatic nitrogens is 2. The molecule has 1 atom stereocenters. The van der Waals surface area contributed by atoms with Gasteiger partial charge in [0.15, 0.2) is 0 Å². The Labute approximate surface area is 158 Å². The summed E-state index contributed by atoms with van der Waals surface area (Å²) in [7, 11) is 3.55. The maximum absolute atomic E-state index is 12.0. The second-order valence-corrected chi connectivity index (χ2v) is 5.91. The van der Waals surface area contributed by atoms with Gasteiger partial charge in [0.05, 0.1) is 23.6 Å². The number of hydrogen-bond donors (Lipinski definition) is 2. The molecule has 0 spiro atoms. The minimum Gasteiger partial charge on any atom is -0.380 e. The van der Waals surface area contributed by atoms with Crippen molar-refractivity contribution in [3.63, 3.8) is 0 Å². The van der Waals surface area contributed by atoms with Crippen LogP contribution in [0.4, 0.5) is 5.69 Å². The summed E-state index contributed by atoms with van der Waals surface area (Å²) in [4.78, 5) is 16.7. The van der Waals surface area contributed by atoms with E-state index in [4.69, 9.17) is 10.5 Å². The zero-order chi connectivity index (χ0) is 17.8. The Morgan fingerprint density at radius 1 is 1.23 bits per heavy atom. The van der Waals surface area contributed by atoms with Crippen LogP contribution in [0.25, 0.3) is 22.4 Å². The highest BCUT2D eigenvalue weighted by atomic mass is 35.5. The molecule has 0 saturated heterocycles. The van der Waals surface area contributed by atoms with Crippen molar-refractivity contribution in [1.29, 1.82) is 0 Å². The molecule has 1 heterocycles. The number of nitrogens with two attached hydrogens (primary N) is 1. The van der Waals surface area contributed by atoms with E-state index in [1.54, 1.807) is 7.11 Å². The molecular weight excluding hydrogens is 352 g/mol. The molecule has 138 valence electrons.